The number of aryl methyl sites for hydroxylation is 1. The van der Waals surface area contributed by atoms with Crippen molar-refractivity contribution in [2.45, 2.75) is 19.9 Å². The maximum atomic E-state index is 12.4. The van der Waals surface area contributed by atoms with Crippen LogP contribution in [-0.2, 0) is 4.79 Å². The Morgan fingerprint density at radius 1 is 1.22 bits per heavy atom. The molecule has 2 fully saturated rings. The van der Waals surface area contributed by atoms with Crippen molar-refractivity contribution < 1.29 is 9.59 Å². The fourth-order valence-corrected chi connectivity index (χ4v) is 3.21. The van der Waals surface area contributed by atoms with Gasteiger partial charge in [0.25, 0.3) is 5.91 Å². The fraction of sp³-hybridized carbons (Fsp3) is 0.500. The molecule has 2 aliphatic heterocycles. The molecule has 2 saturated heterocycles. The van der Waals surface area contributed by atoms with Crippen LogP contribution in [0, 0.1) is 6.92 Å². The smallest absolute Gasteiger partial charge is 0.327 e. The first-order chi connectivity index (χ1) is 11.1. The number of imide groups is 1. The molecule has 1 atom stereocenters. The summed E-state index contributed by atoms with van der Waals surface area (Å²) in [4.78, 5) is 29.6. The van der Waals surface area contributed by atoms with E-state index in [0.717, 1.165) is 5.82 Å². The maximum Gasteiger partial charge on any atom is 0.327 e. The fourth-order valence-electron chi connectivity index (χ4n) is 3.21. The summed E-state index contributed by atoms with van der Waals surface area (Å²) in [6, 6.07) is 3.13. The quantitative estimate of drug-likeness (QED) is 0.720. The maximum absolute atomic E-state index is 12.4. The number of carbonyl (C=O) groups is 2. The number of anilines is 1. The minimum absolute atomic E-state index is 0.122. The largest absolute Gasteiger partial charge is 0.351 e. The molecule has 2 aromatic heterocycles. The first-order valence-corrected chi connectivity index (χ1v) is 7.66. The van der Waals surface area contributed by atoms with Gasteiger partial charge in [0.1, 0.15) is 11.9 Å². The molecule has 0 aromatic carbocycles. The molecular formula is C14H17N7O2. The predicted octanol–water partition coefficient (Wildman–Crippen LogP) is -0.0946. The zero-order chi connectivity index (χ0) is 16.1. The number of urea groups is 1. The summed E-state index contributed by atoms with van der Waals surface area (Å²) < 4.78 is 1.68. The summed E-state index contributed by atoms with van der Waals surface area (Å²) in [5.74, 6) is 1.35. The molecule has 2 aliphatic rings. The number of likely N-dealkylation sites (N-methyl/N-ethyl adjacent to an activating group) is 1. The van der Waals surface area contributed by atoms with Crippen molar-refractivity contribution in [3.8, 4) is 0 Å². The van der Waals surface area contributed by atoms with Crippen LogP contribution < -0.4 is 4.90 Å². The second-order valence-corrected chi connectivity index (χ2v) is 5.73. The van der Waals surface area contributed by atoms with E-state index in [1.165, 1.54) is 4.90 Å². The first kappa shape index (κ1) is 13.9. The van der Waals surface area contributed by atoms with Gasteiger partial charge in [0.05, 0.1) is 0 Å². The summed E-state index contributed by atoms with van der Waals surface area (Å²) in [5.41, 5.74) is 0.689. The van der Waals surface area contributed by atoms with Gasteiger partial charge < -0.3 is 9.80 Å². The molecule has 0 saturated carbocycles. The Kier molecular flexibility index (Phi) is 2.97. The van der Waals surface area contributed by atoms with E-state index in [9.17, 15) is 9.59 Å². The van der Waals surface area contributed by atoms with Crippen LogP contribution in [0.4, 0.5) is 10.6 Å². The minimum Gasteiger partial charge on any atom is -0.351 e. The first-order valence-electron chi connectivity index (χ1n) is 7.66. The lowest BCUT2D eigenvalue weighted by molar-refractivity contribution is -0.128. The summed E-state index contributed by atoms with van der Waals surface area (Å²) in [5, 5.41) is 12.6. The van der Waals surface area contributed by atoms with Gasteiger partial charge in [0.15, 0.2) is 11.5 Å². The van der Waals surface area contributed by atoms with Crippen molar-refractivity contribution in [1.82, 2.24) is 29.6 Å². The molecule has 4 heterocycles. The molecule has 2 aromatic rings. The standard InChI is InChI=1S/C14H17N7O2/c1-3-19-13(22)10-8-18(6-7-20(10)14(19)23)12-5-4-11-16-15-9(2)21(11)17-12/h4-5,10H,3,6-8H2,1-2H3. The van der Waals surface area contributed by atoms with Gasteiger partial charge in [-0.25, -0.2) is 4.79 Å². The van der Waals surface area contributed by atoms with Crippen LogP contribution in [0.3, 0.4) is 0 Å². The highest BCUT2D eigenvalue weighted by atomic mass is 16.2. The third-order valence-electron chi connectivity index (χ3n) is 4.45. The monoisotopic (exact) mass is 315 g/mol. The Morgan fingerprint density at radius 2 is 2.04 bits per heavy atom. The van der Waals surface area contributed by atoms with Crippen molar-refractivity contribution in [1.29, 1.82) is 0 Å². The van der Waals surface area contributed by atoms with E-state index in [1.807, 2.05) is 30.9 Å². The van der Waals surface area contributed by atoms with Gasteiger partial charge in [0.2, 0.25) is 0 Å². The van der Waals surface area contributed by atoms with Crippen LogP contribution in [-0.4, -0.2) is 73.8 Å². The normalized spacial score (nSPS) is 21.5. The average molecular weight is 315 g/mol. The predicted molar refractivity (Wildman–Crippen MR) is 81.0 cm³/mol. The molecule has 120 valence electrons. The SMILES string of the molecule is CCN1C(=O)C2CN(c3ccc4nnc(C)n4n3)CCN2C1=O. The van der Waals surface area contributed by atoms with Crippen LogP contribution >= 0.6 is 0 Å². The summed E-state index contributed by atoms with van der Waals surface area (Å²) in [6.07, 6.45) is 0. The molecule has 9 nitrogen and oxygen atoms in total. The molecule has 0 spiro atoms. The zero-order valence-electron chi connectivity index (χ0n) is 13.0. The van der Waals surface area contributed by atoms with Gasteiger partial charge in [0, 0.05) is 26.2 Å². The molecule has 3 amide bonds. The van der Waals surface area contributed by atoms with Crippen molar-refractivity contribution in [3.05, 3.63) is 18.0 Å². The third-order valence-corrected chi connectivity index (χ3v) is 4.45. The van der Waals surface area contributed by atoms with Gasteiger partial charge in [-0.1, -0.05) is 0 Å². The molecule has 4 rings (SSSR count). The lowest BCUT2D eigenvalue weighted by Gasteiger charge is -2.35. The second kappa shape index (κ2) is 4.90. The average Bonchev–Trinajstić information content (AvgIpc) is 3.06. The molecule has 9 heteroatoms. The number of aromatic nitrogens is 4. The second-order valence-electron chi connectivity index (χ2n) is 5.73. The summed E-state index contributed by atoms with van der Waals surface area (Å²) in [7, 11) is 0. The van der Waals surface area contributed by atoms with E-state index in [1.54, 1.807) is 9.42 Å². The number of amides is 3. The van der Waals surface area contributed by atoms with Crippen LogP contribution in [0.2, 0.25) is 0 Å². The highest BCUT2D eigenvalue weighted by molar-refractivity contribution is 6.04. The van der Waals surface area contributed by atoms with Gasteiger partial charge in [-0.3, -0.25) is 9.69 Å². The zero-order valence-corrected chi connectivity index (χ0v) is 13.0. The Morgan fingerprint density at radius 3 is 2.83 bits per heavy atom. The van der Waals surface area contributed by atoms with Crippen LogP contribution in [0.5, 0.6) is 0 Å². The topological polar surface area (TPSA) is 86.9 Å². The van der Waals surface area contributed by atoms with Crippen LogP contribution in [0.25, 0.3) is 5.65 Å². The number of carbonyl (C=O) groups excluding carboxylic acids is 2. The van der Waals surface area contributed by atoms with E-state index in [4.69, 9.17) is 0 Å². The van der Waals surface area contributed by atoms with E-state index in [0.29, 0.717) is 37.7 Å². The number of hydrogen-bond acceptors (Lipinski definition) is 6. The highest BCUT2D eigenvalue weighted by Gasteiger charge is 2.47. The Bertz CT molecular complexity index is 802. The minimum atomic E-state index is -0.421. The molecule has 23 heavy (non-hydrogen) atoms. The van der Waals surface area contributed by atoms with E-state index in [-0.39, 0.29) is 11.9 Å². The number of nitrogens with zero attached hydrogens (tertiary/aromatic N) is 7. The lowest BCUT2D eigenvalue weighted by Crippen LogP contribution is -2.53. The third kappa shape index (κ3) is 1.96. The molecule has 1 unspecified atom stereocenters. The highest BCUT2D eigenvalue weighted by Crippen LogP contribution is 2.24. The van der Waals surface area contributed by atoms with Crippen LogP contribution in [0.1, 0.15) is 12.7 Å². The van der Waals surface area contributed by atoms with Crippen LogP contribution in [0.15, 0.2) is 12.1 Å². The molecule has 0 aliphatic carbocycles. The number of fused-ring (bicyclic) bond motifs is 2. The van der Waals surface area contributed by atoms with Gasteiger partial charge in [-0.05, 0) is 26.0 Å². The number of piperazine rings is 1. The Balaban J connectivity index is 1.63. The number of hydrogen-bond donors (Lipinski definition) is 0. The van der Waals surface area contributed by atoms with Gasteiger partial charge in [-0.15, -0.1) is 15.3 Å². The molecule has 0 bridgehead atoms. The molecule has 0 N–H and O–H groups in total. The van der Waals surface area contributed by atoms with Crippen molar-refractivity contribution in [3.63, 3.8) is 0 Å². The molecular weight excluding hydrogens is 298 g/mol. The number of rotatable bonds is 2. The summed E-state index contributed by atoms with van der Waals surface area (Å²) >= 11 is 0. The van der Waals surface area contributed by atoms with Crippen molar-refractivity contribution in [2.75, 3.05) is 31.1 Å². The van der Waals surface area contributed by atoms with E-state index >= 15 is 0 Å². The Labute approximate surface area is 132 Å². The lowest BCUT2D eigenvalue weighted by atomic mass is 10.2. The van der Waals surface area contributed by atoms with E-state index < -0.39 is 6.04 Å². The van der Waals surface area contributed by atoms with Gasteiger partial charge >= 0.3 is 6.03 Å². The molecule has 0 radical (unpaired) electrons. The van der Waals surface area contributed by atoms with Crippen molar-refractivity contribution in [2.24, 2.45) is 0 Å². The Hall–Kier alpha value is -2.71. The van der Waals surface area contributed by atoms with Crippen molar-refractivity contribution >= 4 is 23.4 Å². The van der Waals surface area contributed by atoms with Gasteiger partial charge in [-0.2, -0.15) is 4.52 Å². The summed E-state index contributed by atoms with van der Waals surface area (Å²) in [6.45, 7) is 5.69. The van der Waals surface area contributed by atoms with E-state index in [2.05, 4.69) is 15.3 Å².